The number of nitrogens with one attached hydrogen (secondary N) is 1. The smallest absolute Gasteiger partial charge is 0.323 e. The number of anilines is 1. The Bertz CT molecular complexity index is 915. The van der Waals surface area contributed by atoms with E-state index in [0.29, 0.717) is 17.9 Å². The average Bonchev–Trinajstić information content (AvgIpc) is 3.20. The largest absolute Gasteiger partial charge is 0.435 e. The van der Waals surface area contributed by atoms with Gasteiger partial charge in [-0.1, -0.05) is 30.3 Å². The third kappa shape index (κ3) is 4.96. The first kappa shape index (κ1) is 18.7. The van der Waals surface area contributed by atoms with E-state index < -0.39 is 11.9 Å². The molecule has 1 N–H and O–H groups in total. The lowest BCUT2D eigenvalue weighted by Crippen LogP contribution is -2.16. The Morgan fingerprint density at radius 1 is 1.22 bits per heavy atom. The second kappa shape index (κ2) is 7.65. The van der Waals surface area contributed by atoms with E-state index in [0.717, 1.165) is 11.6 Å². The third-order valence-corrected chi connectivity index (χ3v) is 3.93. The van der Waals surface area contributed by atoms with Crippen LogP contribution < -0.4 is 5.32 Å². The van der Waals surface area contributed by atoms with Crippen LogP contribution in [-0.4, -0.2) is 25.5 Å². The van der Waals surface area contributed by atoms with Crippen LogP contribution in [0, 0.1) is 6.92 Å². The molecular weight excluding hydrogens is 359 g/mol. The zero-order valence-corrected chi connectivity index (χ0v) is 14.6. The number of hydrogen-bond donors (Lipinski definition) is 1. The van der Waals surface area contributed by atoms with Gasteiger partial charge >= 0.3 is 6.18 Å². The van der Waals surface area contributed by atoms with Gasteiger partial charge in [0.25, 0.3) is 0 Å². The topological polar surface area (TPSA) is 64.7 Å². The lowest BCUT2D eigenvalue weighted by molar-refractivity contribution is -0.141. The number of hydrogen-bond acceptors (Lipinski definition) is 3. The molecule has 3 rings (SSSR count). The maximum Gasteiger partial charge on any atom is 0.435 e. The minimum absolute atomic E-state index is 0.00365. The third-order valence-electron chi connectivity index (χ3n) is 3.93. The van der Waals surface area contributed by atoms with Crippen molar-refractivity contribution < 1.29 is 18.0 Å². The zero-order valence-electron chi connectivity index (χ0n) is 14.6. The fourth-order valence-corrected chi connectivity index (χ4v) is 2.59. The fraction of sp³-hybridized carbons (Fsp3) is 0.278. The molecule has 142 valence electrons. The monoisotopic (exact) mass is 377 g/mol. The molecule has 0 atom stereocenters. The highest BCUT2D eigenvalue weighted by Gasteiger charge is 2.34. The number of aryl methyl sites for hydroxylation is 2. The van der Waals surface area contributed by atoms with Crippen LogP contribution in [0.1, 0.15) is 23.4 Å². The van der Waals surface area contributed by atoms with Gasteiger partial charge in [-0.15, -0.1) is 0 Å². The van der Waals surface area contributed by atoms with Crippen LogP contribution in [0.2, 0.25) is 0 Å². The number of nitrogens with zero attached hydrogens (tertiary/aromatic N) is 4. The van der Waals surface area contributed by atoms with Gasteiger partial charge in [-0.3, -0.25) is 14.2 Å². The van der Waals surface area contributed by atoms with E-state index in [1.165, 1.54) is 17.8 Å². The molecule has 1 aromatic carbocycles. The molecule has 0 radical (unpaired) electrons. The van der Waals surface area contributed by atoms with E-state index in [-0.39, 0.29) is 18.9 Å². The number of carbonyl (C=O) groups excluding carboxylic acids is 1. The summed E-state index contributed by atoms with van der Waals surface area (Å²) in [6.07, 6.45) is -1.26. The lowest BCUT2D eigenvalue weighted by Gasteiger charge is -2.05. The molecule has 6 nitrogen and oxygen atoms in total. The van der Waals surface area contributed by atoms with E-state index >= 15 is 0 Å². The van der Waals surface area contributed by atoms with E-state index in [2.05, 4.69) is 15.5 Å². The number of alkyl halides is 3. The first-order valence-corrected chi connectivity index (χ1v) is 8.29. The zero-order chi connectivity index (χ0) is 19.4. The first-order valence-electron chi connectivity index (χ1n) is 8.29. The molecule has 0 saturated heterocycles. The van der Waals surface area contributed by atoms with Crippen molar-refractivity contribution in [3.8, 4) is 0 Å². The second-order valence-corrected chi connectivity index (χ2v) is 6.10. The van der Waals surface area contributed by atoms with Crippen molar-refractivity contribution in [2.24, 2.45) is 0 Å². The molecule has 0 saturated carbocycles. The van der Waals surface area contributed by atoms with Gasteiger partial charge in [0.1, 0.15) is 0 Å². The van der Waals surface area contributed by atoms with Crippen molar-refractivity contribution in [1.29, 1.82) is 0 Å². The Kier molecular flexibility index (Phi) is 5.29. The molecule has 0 aliphatic rings. The number of rotatable bonds is 6. The van der Waals surface area contributed by atoms with Gasteiger partial charge in [0.15, 0.2) is 5.69 Å². The maximum atomic E-state index is 12.7. The Morgan fingerprint density at radius 2 is 1.96 bits per heavy atom. The van der Waals surface area contributed by atoms with Crippen LogP contribution in [0.3, 0.4) is 0 Å². The van der Waals surface area contributed by atoms with Crippen molar-refractivity contribution in [3.05, 3.63) is 65.7 Å². The predicted octanol–water partition coefficient (Wildman–Crippen LogP) is 3.48. The van der Waals surface area contributed by atoms with Gasteiger partial charge in [-0.2, -0.15) is 23.4 Å². The normalized spacial score (nSPS) is 11.6. The van der Waals surface area contributed by atoms with Crippen molar-refractivity contribution in [3.63, 3.8) is 0 Å². The second-order valence-electron chi connectivity index (χ2n) is 6.10. The molecule has 0 spiro atoms. The van der Waals surface area contributed by atoms with E-state index in [1.54, 1.807) is 10.9 Å². The molecule has 0 unspecified atom stereocenters. The molecule has 2 heterocycles. The number of amides is 1. The van der Waals surface area contributed by atoms with Crippen LogP contribution in [0.15, 0.2) is 48.8 Å². The number of aromatic nitrogens is 4. The average molecular weight is 377 g/mol. The summed E-state index contributed by atoms with van der Waals surface area (Å²) in [5.41, 5.74) is 1.01. The summed E-state index contributed by atoms with van der Waals surface area (Å²) in [5.74, 6) is -0.322. The van der Waals surface area contributed by atoms with Crippen molar-refractivity contribution in [2.45, 2.75) is 32.6 Å². The molecule has 2 aromatic heterocycles. The molecular formula is C18H18F3N5O. The van der Waals surface area contributed by atoms with Gasteiger partial charge in [0.2, 0.25) is 5.91 Å². The van der Waals surface area contributed by atoms with Gasteiger partial charge in [-0.05, 0) is 18.6 Å². The molecule has 0 aliphatic carbocycles. The van der Waals surface area contributed by atoms with Crippen LogP contribution in [-0.2, 0) is 24.1 Å². The number of halogens is 3. The Morgan fingerprint density at radius 3 is 2.63 bits per heavy atom. The van der Waals surface area contributed by atoms with Gasteiger partial charge in [-0.25, -0.2) is 0 Å². The number of benzene rings is 1. The van der Waals surface area contributed by atoms with Gasteiger partial charge in [0, 0.05) is 24.9 Å². The first-order chi connectivity index (χ1) is 12.8. The molecule has 0 aliphatic heterocycles. The molecule has 0 bridgehead atoms. The molecule has 3 aromatic rings. The Balaban J connectivity index is 1.54. The molecule has 0 fully saturated rings. The minimum atomic E-state index is -4.49. The van der Waals surface area contributed by atoms with Crippen LogP contribution in [0.25, 0.3) is 0 Å². The minimum Gasteiger partial charge on any atom is -0.323 e. The van der Waals surface area contributed by atoms with Crippen molar-refractivity contribution in [1.82, 2.24) is 19.6 Å². The molecule has 27 heavy (non-hydrogen) atoms. The summed E-state index contributed by atoms with van der Waals surface area (Å²) in [4.78, 5) is 12.1. The number of carbonyl (C=O) groups is 1. The SMILES string of the molecule is Cc1cc(C(F)(F)F)nn1CCC(=O)Nc1cnn(Cc2ccccc2)c1. The lowest BCUT2D eigenvalue weighted by atomic mass is 10.2. The maximum absolute atomic E-state index is 12.7. The highest BCUT2D eigenvalue weighted by molar-refractivity contribution is 5.90. The Hall–Kier alpha value is -3.10. The Labute approximate surface area is 153 Å². The van der Waals surface area contributed by atoms with Crippen LogP contribution >= 0.6 is 0 Å². The summed E-state index contributed by atoms with van der Waals surface area (Å²) in [6, 6.07) is 10.7. The predicted molar refractivity (Wildman–Crippen MR) is 93.0 cm³/mol. The summed E-state index contributed by atoms with van der Waals surface area (Å²) in [6.45, 7) is 2.16. The summed E-state index contributed by atoms with van der Waals surface area (Å²) >= 11 is 0. The van der Waals surface area contributed by atoms with E-state index in [9.17, 15) is 18.0 Å². The highest BCUT2D eigenvalue weighted by atomic mass is 19.4. The van der Waals surface area contributed by atoms with Crippen molar-refractivity contribution in [2.75, 3.05) is 5.32 Å². The van der Waals surface area contributed by atoms with E-state index in [1.807, 2.05) is 30.3 Å². The summed E-state index contributed by atoms with van der Waals surface area (Å²) in [5, 5.41) is 10.4. The molecule has 9 heteroatoms. The van der Waals surface area contributed by atoms with Crippen LogP contribution in [0.4, 0.5) is 18.9 Å². The van der Waals surface area contributed by atoms with E-state index in [4.69, 9.17) is 0 Å². The quantitative estimate of drug-likeness (QED) is 0.715. The fourth-order valence-electron chi connectivity index (χ4n) is 2.59. The van der Waals surface area contributed by atoms with Gasteiger partial charge in [0.05, 0.1) is 18.4 Å². The van der Waals surface area contributed by atoms with Crippen LogP contribution in [0.5, 0.6) is 0 Å². The summed E-state index contributed by atoms with van der Waals surface area (Å²) in [7, 11) is 0. The summed E-state index contributed by atoms with van der Waals surface area (Å²) < 4.78 is 40.9. The van der Waals surface area contributed by atoms with Gasteiger partial charge < -0.3 is 5.32 Å². The highest BCUT2D eigenvalue weighted by Crippen LogP contribution is 2.28. The van der Waals surface area contributed by atoms with Crippen molar-refractivity contribution >= 4 is 11.6 Å². The molecule has 1 amide bonds. The standard InChI is InChI=1S/C18H18F3N5O/c1-13-9-16(18(19,20)21)24-26(13)8-7-17(27)23-15-10-22-25(12-15)11-14-5-3-2-4-6-14/h2-6,9-10,12H,7-8,11H2,1H3,(H,23,27).